The highest BCUT2D eigenvalue weighted by atomic mass is 19.3. The molecule has 9 heteroatoms. The van der Waals surface area contributed by atoms with E-state index < -0.39 is 30.6 Å². The lowest BCUT2D eigenvalue weighted by molar-refractivity contribution is -0.0692. The van der Waals surface area contributed by atoms with Crippen molar-refractivity contribution in [2.45, 2.75) is 38.5 Å². The number of amides is 1. The van der Waals surface area contributed by atoms with Crippen molar-refractivity contribution in [3.05, 3.63) is 23.8 Å². The Balaban J connectivity index is 2.04. The third-order valence-electron chi connectivity index (χ3n) is 3.77. The number of hydrogen-bond acceptors (Lipinski definition) is 4. The molecule has 1 fully saturated rings. The number of benzene rings is 1. The summed E-state index contributed by atoms with van der Waals surface area (Å²) >= 11 is 0. The Labute approximate surface area is 136 Å². The molecule has 0 bridgehead atoms. The summed E-state index contributed by atoms with van der Waals surface area (Å²) in [6.07, 6.45) is 2.61. The average Bonchev–Trinajstić information content (AvgIpc) is 2.91. The van der Waals surface area contributed by atoms with Crippen molar-refractivity contribution >= 4 is 5.91 Å². The molecular formula is C15H18F4N2O3. The smallest absolute Gasteiger partial charge is 0.387 e. The van der Waals surface area contributed by atoms with Crippen LogP contribution in [0.1, 0.15) is 29.6 Å². The average molecular weight is 350 g/mol. The zero-order chi connectivity index (χ0) is 17.7. The van der Waals surface area contributed by atoms with E-state index >= 15 is 0 Å². The fourth-order valence-electron chi connectivity index (χ4n) is 2.67. The fourth-order valence-corrected chi connectivity index (χ4v) is 2.67. The van der Waals surface area contributed by atoms with Crippen molar-refractivity contribution in [1.29, 1.82) is 0 Å². The largest absolute Gasteiger partial charge is 0.431 e. The van der Waals surface area contributed by atoms with Gasteiger partial charge in [-0.2, -0.15) is 17.6 Å². The number of ether oxygens (including phenoxy) is 2. The van der Waals surface area contributed by atoms with Crippen LogP contribution in [0.4, 0.5) is 17.6 Å². The molecule has 0 radical (unpaired) electrons. The zero-order valence-corrected chi connectivity index (χ0v) is 12.7. The van der Waals surface area contributed by atoms with Crippen molar-refractivity contribution in [3.63, 3.8) is 0 Å². The van der Waals surface area contributed by atoms with E-state index in [2.05, 4.69) is 14.8 Å². The molecule has 1 aromatic carbocycles. The SMILES string of the molecule is N[C@@H]1CC[C@H](CNC(=O)c2ccc(OC(F)F)c(OC(F)F)c2)C1. The second kappa shape index (κ2) is 8.18. The van der Waals surface area contributed by atoms with E-state index in [1.165, 1.54) is 6.07 Å². The number of carbonyl (C=O) groups is 1. The molecule has 0 aliphatic heterocycles. The van der Waals surface area contributed by atoms with Gasteiger partial charge in [0.25, 0.3) is 5.91 Å². The molecule has 0 spiro atoms. The van der Waals surface area contributed by atoms with Crippen LogP contribution in [-0.2, 0) is 0 Å². The minimum Gasteiger partial charge on any atom is -0.431 e. The molecule has 1 aromatic rings. The van der Waals surface area contributed by atoms with Gasteiger partial charge in [0.05, 0.1) is 0 Å². The second-order valence-corrected chi connectivity index (χ2v) is 5.57. The molecule has 1 aliphatic carbocycles. The third-order valence-corrected chi connectivity index (χ3v) is 3.77. The minimum absolute atomic E-state index is 0.00885. The van der Waals surface area contributed by atoms with Crippen LogP contribution in [0.15, 0.2) is 18.2 Å². The molecule has 134 valence electrons. The summed E-state index contributed by atoms with van der Waals surface area (Å²) in [5.74, 6) is -1.44. The van der Waals surface area contributed by atoms with Crippen LogP contribution in [0, 0.1) is 5.92 Å². The van der Waals surface area contributed by atoms with Crippen molar-refractivity contribution in [2.75, 3.05) is 6.54 Å². The van der Waals surface area contributed by atoms with Gasteiger partial charge in [0, 0.05) is 18.2 Å². The first-order valence-electron chi connectivity index (χ1n) is 7.42. The van der Waals surface area contributed by atoms with Crippen LogP contribution in [0.25, 0.3) is 0 Å². The lowest BCUT2D eigenvalue weighted by atomic mass is 10.1. The highest BCUT2D eigenvalue weighted by Crippen LogP contribution is 2.31. The molecule has 2 rings (SSSR count). The maximum atomic E-state index is 12.4. The van der Waals surface area contributed by atoms with E-state index in [4.69, 9.17) is 5.73 Å². The first-order chi connectivity index (χ1) is 11.3. The number of rotatable bonds is 7. The van der Waals surface area contributed by atoms with Crippen LogP contribution >= 0.6 is 0 Å². The van der Waals surface area contributed by atoms with Gasteiger partial charge in [-0.15, -0.1) is 0 Å². The molecule has 0 heterocycles. The van der Waals surface area contributed by atoms with Crippen molar-refractivity contribution in [2.24, 2.45) is 11.7 Å². The molecule has 1 amide bonds. The van der Waals surface area contributed by atoms with E-state index in [0.29, 0.717) is 6.54 Å². The monoisotopic (exact) mass is 350 g/mol. The van der Waals surface area contributed by atoms with E-state index in [9.17, 15) is 22.4 Å². The molecule has 0 saturated heterocycles. The van der Waals surface area contributed by atoms with Crippen molar-refractivity contribution < 1.29 is 31.8 Å². The van der Waals surface area contributed by atoms with Gasteiger partial charge < -0.3 is 20.5 Å². The molecule has 3 N–H and O–H groups in total. The van der Waals surface area contributed by atoms with Crippen LogP contribution in [0.3, 0.4) is 0 Å². The standard InChI is InChI=1S/C15H18F4N2O3/c16-14(17)23-11-4-2-9(6-12(11)24-15(18)19)13(22)21-7-8-1-3-10(20)5-8/h2,4,6,8,10,14-15H,1,3,5,7,20H2,(H,21,22)/t8-,10+/m0/s1. The number of nitrogens with one attached hydrogen (secondary N) is 1. The molecule has 0 aromatic heterocycles. The van der Waals surface area contributed by atoms with Crippen LogP contribution in [-0.4, -0.2) is 31.7 Å². The summed E-state index contributed by atoms with van der Waals surface area (Å²) in [6, 6.07) is 3.26. The Hall–Kier alpha value is -2.03. The predicted molar refractivity (Wildman–Crippen MR) is 77.4 cm³/mol. The van der Waals surface area contributed by atoms with E-state index in [0.717, 1.165) is 31.4 Å². The first-order valence-corrected chi connectivity index (χ1v) is 7.42. The van der Waals surface area contributed by atoms with Crippen LogP contribution in [0.5, 0.6) is 11.5 Å². The summed E-state index contributed by atoms with van der Waals surface area (Å²) in [5, 5.41) is 2.68. The summed E-state index contributed by atoms with van der Waals surface area (Å²) in [5.41, 5.74) is 5.80. The topological polar surface area (TPSA) is 73.6 Å². The van der Waals surface area contributed by atoms with Gasteiger partial charge in [-0.25, -0.2) is 0 Å². The summed E-state index contributed by atoms with van der Waals surface area (Å²) in [6.45, 7) is -6.02. The Morgan fingerprint density at radius 2 is 1.83 bits per heavy atom. The highest BCUT2D eigenvalue weighted by Gasteiger charge is 2.23. The third kappa shape index (κ3) is 5.26. The number of hydrogen-bond donors (Lipinski definition) is 2. The second-order valence-electron chi connectivity index (χ2n) is 5.57. The predicted octanol–water partition coefficient (Wildman–Crippen LogP) is 2.75. The number of carbonyl (C=O) groups excluding carboxylic acids is 1. The normalized spacial score (nSPS) is 20.5. The van der Waals surface area contributed by atoms with Crippen molar-refractivity contribution in [1.82, 2.24) is 5.32 Å². The summed E-state index contributed by atoms with van der Waals surface area (Å²) < 4.78 is 57.5. The number of halogens is 4. The quantitative estimate of drug-likeness (QED) is 0.742. The molecular weight excluding hydrogens is 332 g/mol. The van der Waals surface area contributed by atoms with Gasteiger partial charge in [0.15, 0.2) is 11.5 Å². The van der Waals surface area contributed by atoms with E-state index in [-0.39, 0.29) is 17.5 Å². The first kappa shape index (κ1) is 18.3. The lowest BCUT2D eigenvalue weighted by Gasteiger charge is -2.14. The molecule has 0 unspecified atom stereocenters. The summed E-state index contributed by atoms with van der Waals surface area (Å²) in [7, 11) is 0. The van der Waals surface area contributed by atoms with Crippen LogP contribution in [0.2, 0.25) is 0 Å². The van der Waals surface area contributed by atoms with Gasteiger partial charge in [-0.1, -0.05) is 0 Å². The van der Waals surface area contributed by atoms with E-state index in [1.54, 1.807) is 0 Å². The summed E-state index contributed by atoms with van der Waals surface area (Å²) in [4.78, 5) is 12.1. The molecule has 24 heavy (non-hydrogen) atoms. The Morgan fingerprint density at radius 3 is 2.42 bits per heavy atom. The maximum absolute atomic E-state index is 12.4. The van der Waals surface area contributed by atoms with Gasteiger partial charge in [0.1, 0.15) is 0 Å². The Morgan fingerprint density at radius 1 is 1.17 bits per heavy atom. The molecule has 1 saturated carbocycles. The fraction of sp³-hybridized carbons (Fsp3) is 0.533. The van der Waals surface area contributed by atoms with Crippen molar-refractivity contribution in [3.8, 4) is 11.5 Å². The van der Waals surface area contributed by atoms with Gasteiger partial charge >= 0.3 is 13.2 Å². The number of alkyl halides is 4. The highest BCUT2D eigenvalue weighted by molar-refractivity contribution is 5.94. The Bertz CT molecular complexity index is 572. The number of nitrogens with two attached hydrogens (primary N) is 1. The zero-order valence-electron chi connectivity index (χ0n) is 12.7. The minimum atomic E-state index is -3.23. The molecule has 5 nitrogen and oxygen atoms in total. The van der Waals surface area contributed by atoms with Gasteiger partial charge in [-0.3, -0.25) is 4.79 Å². The van der Waals surface area contributed by atoms with Gasteiger partial charge in [-0.05, 0) is 43.4 Å². The molecule has 2 atom stereocenters. The lowest BCUT2D eigenvalue weighted by Crippen LogP contribution is -2.29. The van der Waals surface area contributed by atoms with Crippen LogP contribution < -0.4 is 20.5 Å². The van der Waals surface area contributed by atoms with Gasteiger partial charge in [0.2, 0.25) is 0 Å². The Kier molecular flexibility index (Phi) is 6.24. The maximum Gasteiger partial charge on any atom is 0.387 e. The van der Waals surface area contributed by atoms with E-state index in [1.807, 2.05) is 0 Å². The molecule has 1 aliphatic rings.